The minimum atomic E-state index is -0.690. The van der Waals surface area contributed by atoms with Crippen molar-refractivity contribution in [2.24, 2.45) is 0 Å². The summed E-state index contributed by atoms with van der Waals surface area (Å²) in [6.45, 7) is 4.38. The van der Waals surface area contributed by atoms with E-state index in [1.165, 1.54) is 4.90 Å². The minimum absolute atomic E-state index is 0.0226. The Bertz CT molecular complexity index is 869. The molecule has 0 radical (unpaired) electrons. The topological polar surface area (TPSA) is 49.4 Å². The zero-order chi connectivity index (χ0) is 21.6. The standard InChI is InChI=1S/C21H22Cl4N2O2/c1-3-9-26-21(29)13(2)27(12-14-7-8-18(24)19(25)10-14)20(28)11-15-16(22)5-4-6-17(15)23/h4-8,10,13H,3,9,11-12H2,1-2H3,(H,26,29)/t13-/m0/s1. The van der Waals surface area contributed by atoms with Crippen LogP contribution in [0.1, 0.15) is 31.4 Å². The van der Waals surface area contributed by atoms with Crippen LogP contribution in [0.3, 0.4) is 0 Å². The molecule has 8 heteroatoms. The van der Waals surface area contributed by atoms with Gasteiger partial charge in [-0.1, -0.05) is 65.5 Å². The van der Waals surface area contributed by atoms with E-state index in [2.05, 4.69) is 5.32 Å². The van der Waals surface area contributed by atoms with E-state index in [1.807, 2.05) is 6.92 Å². The van der Waals surface area contributed by atoms with E-state index in [-0.39, 0.29) is 24.8 Å². The van der Waals surface area contributed by atoms with Gasteiger partial charge in [-0.2, -0.15) is 0 Å². The highest BCUT2D eigenvalue weighted by Crippen LogP contribution is 2.27. The third kappa shape index (κ3) is 6.51. The summed E-state index contributed by atoms with van der Waals surface area (Å²) in [4.78, 5) is 27.2. The number of rotatable bonds is 8. The summed E-state index contributed by atoms with van der Waals surface area (Å²) >= 11 is 24.5. The van der Waals surface area contributed by atoms with Crippen molar-refractivity contribution in [1.82, 2.24) is 10.2 Å². The molecular weight excluding hydrogens is 454 g/mol. The van der Waals surface area contributed by atoms with Gasteiger partial charge in [-0.25, -0.2) is 0 Å². The van der Waals surface area contributed by atoms with Crippen molar-refractivity contribution in [1.29, 1.82) is 0 Å². The molecule has 2 aromatic rings. The van der Waals surface area contributed by atoms with Crippen molar-refractivity contribution in [2.45, 2.75) is 39.3 Å². The first-order chi connectivity index (χ1) is 13.7. The number of benzene rings is 2. The molecule has 0 saturated heterocycles. The molecule has 2 rings (SSSR count). The maximum absolute atomic E-state index is 13.2. The lowest BCUT2D eigenvalue weighted by molar-refractivity contribution is -0.140. The smallest absolute Gasteiger partial charge is 0.242 e. The van der Waals surface area contributed by atoms with Crippen LogP contribution < -0.4 is 5.32 Å². The highest BCUT2D eigenvalue weighted by molar-refractivity contribution is 6.42. The normalized spacial score (nSPS) is 11.8. The van der Waals surface area contributed by atoms with Crippen LogP contribution in [0.5, 0.6) is 0 Å². The molecular formula is C21H22Cl4N2O2. The van der Waals surface area contributed by atoms with Crippen LogP contribution in [0.4, 0.5) is 0 Å². The van der Waals surface area contributed by atoms with Crippen LogP contribution in [0.15, 0.2) is 36.4 Å². The highest BCUT2D eigenvalue weighted by Gasteiger charge is 2.27. The van der Waals surface area contributed by atoms with Gasteiger partial charge < -0.3 is 10.2 Å². The number of hydrogen-bond donors (Lipinski definition) is 1. The number of amides is 2. The molecule has 2 amide bonds. The number of hydrogen-bond acceptors (Lipinski definition) is 2. The van der Waals surface area contributed by atoms with Crippen molar-refractivity contribution in [3.05, 3.63) is 67.6 Å². The second-order valence-electron chi connectivity index (χ2n) is 6.61. The number of carbonyl (C=O) groups is 2. The Balaban J connectivity index is 2.30. The van der Waals surface area contributed by atoms with Crippen LogP contribution in [0.2, 0.25) is 20.1 Å². The molecule has 1 atom stereocenters. The average Bonchev–Trinajstić information content (AvgIpc) is 2.69. The molecule has 0 unspecified atom stereocenters. The first kappa shape index (κ1) is 23.8. The van der Waals surface area contributed by atoms with E-state index in [0.29, 0.717) is 32.2 Å². The molecule has 0 aromatic heterocycles. The molecule has 1 N–H and O–H groups in total. The second-order valence-corrected chi connectivity index (χ2v) is 8.24. The predicted molar refractivity (Wildman–Crippen MR) is 120 cm³/mol. The van der Waals surface area contributed by atoms with Crippen molar-refractivity contribution < 1.29 is 9.59 Å². The molecule has 0 bridgehead atoms. The summed E-state index contributed by atoms with van der Waals surface area (Å²) in [7, 11) is 0. The van der Waals surface area contributed by atoms with Gasteiger partial charge in [-0.15, -0.1) is 0 Å². The van der Waals surface area contributed by atoms with Crippen molar-refractivity contribution in [2.75, 3.05) is 6.54 Å². The fraction of sp³-hybridized carbons (Fsp3) is 0.333. The highest BCUT2D eigenvalue weighted by atomic mass is 35.5. The number of halogens is 4. The molecule has 0 aliphatic carbocycles. The molecule has 0 aliphatic heterocycles. The molecule has 29 heavy (non-hydrogen) atoms. The number of nitrogens with one attached hydrogen (secondary N) is 1. The van der Waals surface area contributed by atoms with Gasteiger partial charge in [0.1, 0.15) is 6.04 Å². The van der Waals surface area contributed by atoms with Gasteiger partial charge in [-0.05, 0) is 48.7 Å². The minimum Gasteiger partial charge on any atom is -0.354 e. The molecule has 0 saturated carbocycles. The molecule has 0 fully saturated rings. The molecule has 0 heterocycles. The zero-order valence-electron chi connectivity index (χ0n) is 16.1. The maximum atomic E-state index is 13.2. The lowest BCUT2D eigenvalue weighted by Gasteiger charge is -2.29. The van der Waals surface area contributed by atoms with Crippen LogP contribution in [-0.2, 0) is 22.6 Å². The van der Waals surface area contributed by atoms with Crippen LogP contribution in [0.25, 0.3) is 0 Å². The average molecular weight is 476 g/mol. The van der Waals surface area contributed by atoms with E-state index in [1.54, 1.807) is 43.3 Å². The Morgan fingerprint density at radius 2 is 1.66 bits per heavy atom. The van der Waals surface area contributed by atoms with Crippen LogP contribution >= 0.6 is 46.4 Å². The van der Waals surface area contributed by atoms with Gasteiger partial charge in [0.2, 0.25) is 11.8 Å². The number of nitrogens with zero attached hydrogens (tertiary/aromatic N) is 1. The first-order valence-electron chi connectivity index (χ1n) is 9.18. The van der Waals surface area contributed by atoms with Crippen LogP contribution in [0, 0.1) is 0 Å². The Kier molecular flexibility index (Phi) is 9.09. The fourth-order valence-corrected chi connectivity index (χ4v) is 3.62. The third-order valence-electron chi connectivity index (χ3n) is 4.44. The van der Waals surface area contributed by atoms with Gasteiger partial charge in [-0.3, -0.25) is 9.59 Å². The van der Waals surface area contributed by atoms with E-state index >= 15 is 0 Å². The summed E-state index contributed by atoms with van der Waals surface area (Å²) in [5, 5.41) is 4.44. The van der Waals surface area contributed by atoms with Gasteiger partial charge in [0, 0.05) is 23.1 Å². The summed E-state index contributed by atoms with van der Waals surface area (Å²) in [6.07, 6.45) is 0.777. The van der Waals surface area contributed by atoms with Gasteiger partial charge in [0.25, 0.3) is 0 Å². The summed E-state index contributed by atoms with van der Waals surface area (Å²) in [6, 6.07) is 9.50. The molecule has 2 aromatic carbocycles. The maximum Gasteiger partial charge on any atom is 0.242 e. The lowest BCUT2D eigenvalue weighted by Crippen LogP contribution is -2.48. The number of carbonyl (C=O) groups excluding carboxylic acids is 2. The Labute approximate surface area is 191 Å². The Morgan fingerprint density at radius 1 is 1.00 bits per heavy atom. The Hall–Kier alpha value is -1.46. The second kappa shape index (κ2) is 11.1. The van der Waals surface area contributed by atoms with Gasteiger partial charge in [0.15, 0.2) is 0 Å². The summed E-state index contributed by atoms with van der Waals surface area (Å²) in [5.41, 5.74) is 1.29. The predicted octanol–water partition coefficient (Wildman–Crippen LogP) is 5.79. The largest absolute Gasteiger partial charge is 0.354 e. The first-order valence-corrected chi connectivity index (χ1v) is 10.7. The third-order valence-corrected chi connectivity index (χ3v) is 5.89. The SMILES string of the molecule is CCCNC(=O)[C@H](C)N(Cc1ccc(Cl)c(Cl)c1)C(=O)Cc1c(Cl)cccc1Cl. The fourth-order valence-electron chi connectivity index (χ4n) is 2.77. The molecule has 156 valence electrons. The summed E-state index contributed by atoms with van der Waals surface area (Å²) < 4.78 is 0. The lowest BCUT2D eigenvalue weighted by atomic mass is 10.1. The van der Waals surface area contributed by atoms with E-state index in [9.17, 15) is 9.59 Å². The summed E-state index contributed by atoms with van der Waals surface area (Å²) in [5.74, 6) is -0.504. The van der Waals surface area contributed by atoms with Crippen molar-refractivity contribution >= 4 is 58.2 Å². The van der Waals surface area contributed by atoms with E-state index in [0.717, 1.165) is 12.0 Å². The van der Waals surface area contributed by atoms with E-state index in [4.69, 9.17) is 46.4 Å². The van der Waals surface area contributed by atoms with E-state index < -0.39 is 6.04 Å². The zero-order valence-corrected chi connectivity index (χ0v) is 19.2. The van der Waals surface area contributed by atoms with Crippen molar-refractivity contribution in [3.8, 4) is 0 Å². The Morgan fingerprint density at radius 3 is 2.24 bits per heavy atom. The van der Waals surface area contributed by atoms with Crippen LogP contribution in [-0.4, -0.2) is 29.3 Å². The molecule has 0 spiro atoms. The van der Waals surface area contributed by atoms with Gasteiger partial charge >= 0.3 is 0 Å². The quantitative estimate of drug-likeness (QED) is 0.525. The molecule has 0 aliphatic rings. The van der Waals surface area contributed by atoms with Crippen molar-refractivity contribution in [3.63, 3.8) is 0 Å². The van der Waals surface area contributed by atoms with Gasteiger partial charge in [0.05, 0.1) is 16.5 Å². The monoisotopic (exact) mass is 474 g/mol. The molecule has 4 nitrogen and oxygen atoms in total.